The van der Waals surface area contributed by atoms with Gasteiger partial charge < -0.3 is 14.9 Å². The van der Waals surface area contributed by atoms with Crippen molar-refractivity contribution >= 4 is 11.9 Å². The zero-order valence-corrected chi connectivity index (χ0v) is 8.51. The van der Waals surface area contributed by atoms with Crippen LogP contribution in [0.1, 0.15) is 10.4 Å². The molecule has 6 nitrogen and oxygen atoms in total. The Balaban J connectivity index is 2.82. The summed E-state index contributed by atoms with van der Waals surface area (Å²) in [6.45, 7) is 0. The molecule has 1 atom stereocenters. The Morgan fingerprint density at radius 3 is 2.31 bits per heavy atom. The predicted octanol–water partition coefficient (Wildman–Crippen LogP) is -0.207. The van der Waals surface area contributed by atoms with Crippen molar-refractivity contribution in [3.63, 3.8) is 0 Å². The van der Waals surface area contributed by atoms with Crippen LogP contribution in [0.3, 0.4) is 0 Å². The molecule has 0 aliphatic rings. The van der Waals surface area contributed by atoms with Gasteiger partial charge in [0.15, 0.2) is 0 Å². The quantitative estimate of drug-likeness (QED) is 0.616. The maximum absolute atomic E-state index is 11.5. The smallest absolute Gasteiger partial charge is 0.387 e. The SMILES string of the molecule is COC(O)(NC(=O)c1ccccc1)C(=O)O. The van der Waals surface area contributed by atoms with Gasteiger partial charge in [0, 0.05) is 12.7 Å². The van der Waals surface area contributed by atoms with Crippen LogP contribution in [0.15, 0.2) is 30.3 Å². The van der Waals surface area contributed by atoms with Crippen LogP contribution < -0.4 is 5.32 Å². The first-order valence-corrected chi connectivity index (χ1v) is 4.38. The molecule has 1 unspecified atom stereocenters. The van der Waals surface area contributed by atoms with Crippen molar-refractivity contribution in [2.75, 3.05) is 7.11 Å². The molecule has 0 bridgehead atoms. The van der Waals surface area contributed by atoms with Crippen LogP contribution in [0.2, 0.25) is 0 Å². The molecule has 1 aromatic rings. The zero-order valence-electron chi connectivity index (χ0n) is 8.51. The second-order valence-electron chi connectivity index (χ2n) is 2.97. The van der Waals surface area contributed by atoms with E-state index in [4.69, 9.17) is 5.11 Å². The number of hydrogen-bond acceptors (Lipinski definition) is 4. The van der Waals surface area contributed by atoms with Gasteiger partial charge in [-0.25, -0.2) is 4.79 Å². The van der Waals surface area contributed by atoms with Crippen molar-refractivity contribution in [2.45, 2.75) is 5.91 Å². The average molecular weight is 225 g/mol. The van der Waals surface area contributed by atoms with E-state index in [2.05, 4.69) is 4.74 Å². The van der Waals surface area contributed by atoms with Crippen LogP contribution in [0.5, 0.6) is 0 Å². The van der Waals surface area contributed by atoms with Crippen LogP contribution in [-0.4, -0.2) is 35.1 Å². The molecule has 0 aliphatic heterocycles. The van der Waals surface area contributed by atoms with Gasteiger partial charge in [-0.05, 0) is 12.1 Å². The normalized spacial score (nSPS) is 13.9. The minimum absolute atomic E-state index is 0.222. The molecule has 0 fully saturated rings. The Morgan fingerprint density at radius 2 is 1.88 bits per heavy atom. The number of hydrogen-bond donors (Lipinski definition) is 3. The molecular formula is C10H11NO5. The highest BCUT2D eigenvalue weighted by Crippen LogP contribution is 2.05. The molecule has 0 spiro atoms. The minimum atomic E-state index is -2.72. The molecule has 0 radical (unpaired) electrons. The van der Waals surface area contributed by atoms with Crippen LogP contribution in [-0.2, 0) is 9.53 Å². The molecule has 16 heavy (non-hydrogen) atoms. The van der Waals surface area contributed by atoms with E-state index in [-0.39, 0.29) is 5.56 Å². The number of carbonyl (C=O) groups excluding carboxylic acids is 1. The Bertz CT molecular complexity index is 391. The number of rotatable bonds is 4. The second-order valence-corrected chi connectivity index (χ2v) is 2.97. The summed E-state index contributed by atoms with van der Waals surface area (Å²) >= 11 is 0. The summed E-state index contributed by atoms with van der Waals surface area (Å²) < 4.78 is 4.32. The lowest BCUT2D eigenvalue weighted by Crippen LogP contribution is -2.56. The van der Waals surface area contributed by atoms with Gasteiger partial charge in [0.1, 0.15) is 0 Å². The summed E-state index contributed by atoms with van der Waals surface area (Å²) in [6.07, 6.45) is 0. The Hall–Kier alpha value is -1.92. The van der Waals surface area contributed by atoms with Gasteiger partial charge in [-0.1, -0.05) is 18.2 Å². The molecule has 1 aromatic carbocycles. The van der Waals surface area contributed by atoms with Crippen LogP contribution >= 0.6 is 0 Å². The van der Waals surface area contributed by atoms with Crippen molar-refractivity contribution in [2.24, 2.45) is 0 Å². The van der Waals surface area contributed by atoms with Crippen molar-refractivity contribution in [1.82, 2.24) is 5.32 Å². The van der Waals surface area contributed by atoms with Crippen molar-refractivity contribution in [1.29, 1.82) is 0 Å². The molecule has 0 saturated carbocycles. The summed E-state index contributed by atoms with van der Waals surface area (Å²) in [4.78, 5) is 22.1. The summed E-state index contributed by atoms with van der Waals surface area (Å²) in [5.41, 5.74) is 0.222. The van der Waals surface area contributed by atoms with E-state index in [1.54, 1.807) is 18.2 Å². The Morgan fingerprint density at radius 1 is 1.31 bits per heavy atom. The number of aliphatic hydroxyl groups is 1. The highest BCUT2D eigenvalue weighted by Gasteiger charge is 2.38. The number of carboxylic acids is 1. The van der Waals surface area contributed by atoms with Crippen molar-refractivity contribution in [3.8, 4) is 0 Å². The number of amides is 1. The number of nitrogens with one attached hydrogen (secondary N) is 1. The maximum atomic E-state index is 11.5. The lowest BCUT2D eigenvalue weighted by atomic mass is 10.2. The van der Waals surface area contributed by atoms with Gasteiger partial charge in [-0.15, -0.1) is 0 Å². The van der Waals surface area contributed by atoms with E-state index >= 15 is 0 Å². The molecule has 86 valence electrons. The molecule has 0 saturated heterocycles. The third kappa shape index (κ3) is 2.56. The third-order valence-corrected chi connectivity index (χ3v) is 1.90. The molecule has 6 heteroatoms. The molecule has 0 heterocycles. The summed E-state index contributed by atoms with van der Waals surface area (Å²) in [7, 11) is 0.972. The predicted molar refractivity (Wildman–Crippen MR) is 53.5 cm³/mol. The Kier molecular flexibility index (Phi) is 3.60. The van der Waals surface area contributed by atoms with Crippen molar-refractivity contribution < 1.29 is 24.5 Å². The zero-order chi connectivity index (χ0) is 12.2. The second kappa shape index (κ2) is 4.73. The van der Waals surface area contributed by atoms with Crippen LogP contribution in [0, 0.1) is 0 Å². The molecule has 1 amide bonds. The molecule has 3 N–H and O–H groups in total. The third-order valence-electron chi connectivity index (χ3n) is 1.90. The monoisotopic (exact) mass is 225 g/mol. The van der Waals surface area contributed by atoms with E-state index < -0.39 is 17.8 Å². The molecule has 0 aromatic heterocycles. The van der Waals surface area contributed by atoms with E-state index in [1.807, 2.05) is 5.32 Å². The summed E-state index contributed by atoms with van der Waals surface area (Å²) in [5.74, 6) is -5.15. The standard InChI is InChI=1S/C10H11NO5/c1-16-10(15,9(13)14)11-8(12)7-5-3-2-4-6-7/h2-6,15H,1H3,(H,11,12)(H,13,14). The van der Waals surface area contributed by atoms with Gasteiger partial charge in [0.2, 0.25) is 0 Å². The fraction of sp³-hybridized carbons (Fsp3) is 0.200. The lowest BCUT2D eigenvalue weighted by Gasteiger charge is -2.22. The topological polar surface area (TPSA) is 95.9 Å². The fourth-order valence-electron chi connectivity index (χ4n) is 1.01. The minimum Gasteiger partial charge on any atom is -0.476 e. The van der Waals surface area contributed by atoms with Gasteiger partial charge in [0.05, 0.1) is 0 Å². The van der Waals surface area contributed by atoms with Crippen LogP contribution in [0.4, 0.5) is 0 Å². The largest absolute Gasteiger partial charge is 0.476 e. The first-order chi connectivity index (χ1) is 7.49. The Labute approximate surface area is 91.5 Å². The number of ether oxygens (including phenoxy) is 1. The van der Waals surface area contributed by atoms with Gasteiger partial charge >= 0.3 is 11.9 Å². The first-order valence-electron chi connectivity index (χ1n) is 4.38. The maximum Gasteiger partial charge on any atom is 0.387 e. The molecule has 0 aliphatic carbocycles. The summed E-state index contributed by atoms with van der Waals surface area (Å²) in [6, 6.07) is 7.89. The number of methoxy groups -OCH3 is 1. The van der Waals surface area contributed by atoms with E-state index in [1.165, 1.54) is 12.1 Å². The van der Waals surface area contributed by atoms with E-state index in [0.717, 1.165) is 7.11 Å². The number of carbonyl (C=O) groups is 2. The molecule has 1 rings (SSSR count). The van der Waals surface area contributed by atoms with Gasteiger partial charge in [0.25, 0.3) is 5.91 Å². The van der Waals surface area contributed by atoms with E-state index in [9.17, 15) is 14.7 Å². The van der Waals surface area contributed by atoms with Gasteiger partial charge in [-0.2, -0.15) is 0 Å². The fourth-order valence-corrected chi connectivity index (χ4v) is 1.01. The lowest BCUT2D eigenvalue weighted by molar-refractivity contribution is -0.221. The highest BCUT2D eigenvalue weighted by atomic mass is 16.7. The number of aliphatic carboxylic acids is 1. The number of benzene rings is 1. The van der Waals surface area contributed by atoms with Crippen molar-refractivity contribution in [3.05, 3.63) is 35.9 Å². The van der Waals surface area contributed by atoms with E-state index in [0.29, 0.717) is 0 Å². The first kappa shape index (κ1) is 12.2. The summed E-state index contributed by atoms with van der Waals surface area (Å²) in [5, 5.41) is 19.9. The van der Waals surface area contributed by atoms with Gasteiger partial charge in [-0.3, -0.25) is 10.1 Å². The van der Waals surface area contributed by atoms with Crippen LogP contribution in [0.25, 0.3) is 0 Å². The average Bonchev–Trinajstić information content (AvgIpc) is 2.29. The highest BCUT2D eigenvalue weighted by molar-refractivity contribution is 5.96. The molecular weight excluding hydrogens is 214 g/mol. The number of carboxylic acid groups (broad SMARTS) is 1.